The standard InChI is InChI=1S/C5HBr2N3O/c6-4-3(11)5(7)10-2(1-8)9-4/h11H. The second-order valence-corrected chi connectivity index (χ2v) is 3.09. The van der Waals surface area contributed by atoms with Crippen LogP contribution in [0.3, 0.4) is 0 Å². The van der Waals surface area contributed by atoms with Gasteiger partial charge in [0.2, 0.25) is 5.82 Å². The Bertz CT molecular complexity index is 310. The molecule has 1 rings (SSSR count). The molecule has 11 heavy (non-hydrogen) atoms. The zero-order chi connectivity index (χ0) is 8.43. The van der Waals surface area contributed by atoms with Crippen LogP contribution < -0.4 is 0 Å². The fraction of sp³-hybridized carbons (Fsp3) is 0. The first-order valence-electron chi connectivity index (χ1n) is 2.47. The Morgan fingerprint density at radius 3 is 2.09 bits per heavy atom. The summed E-state index contributed by atoms with van der Waals surface area (Å²) in [6.07, 6.45) is 0. The number of aromatic hydroxyl groups is 1. The smallest absolute Gasteiger partial charge is 0.234 e. The van der Waals surface area contributed by atoms with Crippen LogP contribution in [0.2, 0.25) is 0 Å². The van der Waals surface area contributed by atoms with Crippen LogP contribution in [0, 0.1) is 11.3 Å². The molecule has 1 heterocycles. The van der Waals surface area contributed by atoms with E-state index in [0.29, 0.717) is 0 Å². The van der Waals surface area contributed by atoms with E-state index in [0.717, 1.165) is 0 Å². The van der Waals surface area contributed by atoms with Crippen molar-refractivity contribution < 1.29 is 5.11 Å². The normalized spacial score (nSPS) is 9.18. The largest absolute Gasteiger partial charge is 0.503 e. The monoisotopic (exact) mass is 277 g/mol. The highest BCUT2D eigenvalue weighted by atomic mass is 79.9. The van der Waals surface area contributed by atoms with Gasteiger partial charge in [-0.15, -0.1) is 0 Å². The summed E-state index contributed by atoms with van der Waals surface area (Å²) < 4.78 is 0.409. The zero-order valence-corrected chi connectivity index (χ0v) is 8.22. The van der Waals surface area contributed by atoms with Crippen LogP contribution in [0.4, 0.5) is 0 Å². The Morgan fingerprint density at radius 1 is 1.27 bits per heavy atom. The lowest BCUT2D eigenvalue weighted by Crippen LogP contribution is -1.90. The van der Waals surface area contributed by atoms with Crippen molar-refractivity contribution in [2.24, 2.45) is 0 Å². The van der Waals surface area contributed by atoms with E-state index in [-0.39, 0.29) is 20.8 Å². The topological polar surface area (TPSA) is 69.8 Å². The Kier molecular flexibility index (Phi) is 2.42. The fourth-order valence-corrected chi connectivity index (χ4v) is 1.43. The van der Waals surface area contributed by atoms with Crippen molar-refractivity contribution in [3.8, 4) is 11.8 Å². The van der Waals surface area contributed by atoms with E-state index >= 15 is 0 Å². The lowest BCUT2D eigenvalue weighted by Gasteiger charge is -1.96. The van der Waals surface area contributed by atoms with Gasteiger partial charge in [0.05, 0.1) is 0 Å². The molecule has 0 aromatic carbocycles. The highest BCUT2D eigenvalue weighted by Crippen LogP contribution is 2.28. The maximum Gasteiger partial charge on any atom is 0.234 e. The average Bonchev–Trinajstić information content (AvgIpc) is 1.99. The van der Waals surface area contributed by atoms with Crippen LogP contribution in [0.1, 0.15) is 5.82 Å². The third-order valence-electron chi connectivity index (χ3n) is 0.899. The van der Waals surface area contributed by atoms with Gasteiger partial charge in [-0.3, -0.25) is 0 Å². The molecule has 0 saturated carbocycles. The van der Waals surface area contributed by atoms with Crippen LogP contribution in [-0.2, 0) is 0 Å². The number of aromatic nitrogens is 2. The molecule has 0 fully saturated rings. The quantitative estimate of drug-likeness (QED) is 0.732. The SMILES string of the molecule is N#Cc1nc(Br)c(O)c(Br)n1. The summed E-state index contributed by atoms with van der Waals surface area (Å²) in [5, 5.41) is 17.5. The molecule has 4 nitrogen and oxygen atoms in total. The predicted molar refractivity (Wildman–Crippen MR) is 43.8 cm³/mol. The van der Waals surface area contributed by atoms with Crippen LogP contribution in [0.5, 0.6) is 5.75 Å². The molecule has 1 N–H and O–H groups in total. The molecule has 56 valence electrons. The second kappa shape index (κ2) is 3.15. The molecular weight excluding hydrogens is 278 g/mol. The third-order valence-corrected chi connectivity index (χ3v) is 2.00. The molecule has 0 radical (unpaired) electrons. The Morgan fingerprint density at radius 2 is 1.73 bits per heavy atom. The van der Waals surface area contributed by atoms with Gasteiger partial charge in [0.25, 0.3) is 0 Å². The van der Waals surface area contributed by atoms with Crippen molar-refractivity contribution in [2.75, 3.05) is 0 Å². The number of rotatable bonds is 0. The number of nitriles is 1. The minimum Gasteiger partial charge on any atom is -0.503 e. The molecule has 0 aliphatic rings. The van der Waals surface area contributed by atoms with Crippen molar-refractivity contribution >= 4 is 31.9 Å². The third kappa shape index (κ3) is 1.67. The second-order valence-electron chi connectivity index (χ2n) is 1.59. The molecule has 0 aliphatic carbocycles. The summed E-state index contributed by atoms with van der Waals surface area (Å²) >= 11 is 5.91. The van der Waals surface area contributed by atoms with Gasteiger partial charge in [0.1, 0.15) is 6.07 Å². The van der Waals surface area contributed by atoms with Crippen LogP contribution in [0.25, 0.3) is 0 Å². The Hall–Kier alpha value is -0.670. The van der Waals surface area contributed by atoms with Crippen molar-refractivity contribution in [3.63, 3.8) is 0 Å². The van der Waals surface area contributed by atoms with Gasteiger partial charge in [0.15, 0.2) is 15.0 Å². The van der Waals surface area contributed by atoms with E-state index in [1.165, 1.54) is 0 Å². The number of hydrogen-bond donors (Lipinski definition) is 1. The molecule has 0 aliphatic heterocycles. The molecule has 0 unspecified atom stereocenters. The van der Waals surface area contributed by atoms with Gasteiger partial charge in [0, 0.05) is 0 Å². The van der Waals surface area contributed by atoms with E-state index in [2.05, 4.69) is 41.8 Å². The van der Waals surface area contributed by atoms with Crippen LogP contribution >= 0.6 is 31.9 Å². The van der Waals surface area contributed by atoms with E-state index in [4.69, 9.17) is 10.4 Å². The summed E-state index contributed by atoms with van der Waals surface area (Å²) in [5.41, 5.74) is 0. The lowest BCUT2D eigenvalue weighted by molar-refractivity contribution is 0.460. The van der Waals surface area contributed by atoms with Crippen LogP contribution in [-0.4, -0.2) is 15.1 Å². The zero-order valence-electron chi connectivity index (χ0n) is 5.04. The maximum absolute atomic E-state index is 9.10. The predicted octanol–water partition coefficient (Wildman–Crippen LogP) is 1.58. The summed E-state index contributed by atoms with van der Waals surface area (Å²) in [7, 11) is 0. The molecular formula is C5HBr2N3O. The number of nitrogens with zero attached hydrogens (tertiary/aromatic N) is 3. The Balaban J connectivity index is 3.35. The number of hydrogen-bond acceptors (Lipinski definition) is 4. The highest BCUT2D eigenvalue weighted by molar-refractivity contribution is 9.11. The van der Waals surface area contributed by atoms with Gasteiger partial charge < -0.3 is 5.11 Å². The number of halogens is 2. The van der Waals surface area contributed by atoms with E-state index in [1.54, 1.807) is 6.07 Å². The first kappa shape index (κ1) is 8.43. The van der Waals surface area contributed by atoms with Crippen molar-refractivity contribution in [3.05, 3.63) is 15.0 Å². The summed E-state index contributed by atoms with van der Waals surface area (Å²) in [6, 6.07) is 1.74. The molecule has 0 saturated heterocycles. The molecule has 1 aromatic rings. The molecule has 0 amide bonds. The van der Waals surface area contributed by atoms with E-state index < -0.39 is 0 Å². The van der Waals surface area contributed by atoms with Gasteiger partial charge in [-0.05, 0) is 31.9 Å². The van der Waals surface area contributed by atoms with Crippen molar-refractivity contribution in [1.29, 1.82) is 5.26 Å². The molecule has 0 bridgehead atoms. The minimum absolute atomic E-state index is 0.00144. The van der Waals surface area contributed by atoms with E-state index in [9.17, 15) is 0 Å². The van der Waals surface area contributed by atoms with Gasteiger partial charge in [-0.1, -0.05) is 0 Å². The maximum atomic E-state index is 9.10. The van der Waals surface area contributed by atoms with Gasteiger partial charge in [-0.2, -0.15) is 5.26 Å². The summed E-state index contributed by atoms with van der Waals surface area (Å²) in [5.74, 6) is -0.106. The Labute approximate surface area is 79.2 Å². The minimum atomic E-state index is -0.107. The molecule has 6 heteroatoms. The average molecular weight is 279 g/mol. The lowest BCUT2D eigenvalue weighted by atomic mass is 10.5. The van der Waals surface area contributed by atoms with Crippen molar-refractivity contribution in [2.45, 2.75) is 0 Å². The highest BCUT2D eigenvalue weighted by Gasteiger charge is 2.07. The summed E-state index contributed by atoms with van der Waals surface area (Å²) in [4.78, 5) is 7.23. The first-order valence-corrected chi connectivity index (χ1v) is 4.06. The first-order chi connectivity index (χ1) is 5.15. The molecule has 1 aromatic heterocycles. The van der Waals surface area contributed by atoms with Crippen LogP contribution in [0.15, 0.2) is 9.21 Å². The fourth-order valence-electron chi connectivity index (χ4n) is 0.452. The van der Waals surface area contributed by atoms with Crippen molar-refractivity contribution in [1.82, 2.24) is 9.97 Å². The van der Waals surface area contributed by atoms with Gasteiger partial charge in [-0.25, -0.2) is 9.97 Å². The molecule has 0 atom stereocenters. The van der Waals surface area contributed by atoms with Gasteiger partial charge >= 0.3 is 0 Å². The van der Waals surface area contributed by atoms with E-state index in [1.807, 2.05) is 0 Å². The molecule has 0 spiro atoms. The summed E-state index contributed by atoms with van der Waals surface area (Å²) in [6.45, 7) is 0.